The first kappa shape index (κ1) is 9.93. The lowest BCUT2D eigenvalue weighted by atomic mass is 10.2. The van der Waals surface area contributed by atoms with Crippen LogP contribution in [0.3, 0.4) is 0 Å². The van der Waals surface area contributed by atoms with E-state index in [0.29, 0.717) is 5.82 Å². The number of nitrogens with zero attached hydrogens (tertiary/aromatic N) is 2. The summed E-state index contributed by atoms with van der Waals surface area (Å²) in [6.07, 6.45) is 2.97. The van der Waals surface area contributed by atoms with Gasteiger partial charge in [0, 0.05) is 12.4 Å². The first-order chi connectivity index (χ1) is 6.74. The fourth-order valence-corrected chi connectivity index (χ4v) is 0.807. The van der Waals surface area contributed by atoms with E-state index >= 15 is 0 Å². The third-order valence-electron chi connectivity index (χ3n) is 1.53. The van der Waals surface area contributed by atoms with Crippen LogP contribution in [-0.2, 0) is 4.79 Å². The second kappa shape index (κ2) is 4.77. The molecule has 0 bridgehead atoms. The molecular formula is C10H9N3O. The normalized spacial score (nSPS) is 10.4. The molecular weight excluding hydrogens is 178 g/mol. The molecule has 4 heteroatoms. The van der Waals surface area contributed by atoms with E-state index in [9.17, 15) is 4.79 Å². The highest BCUT2D eigenvalue weighted by atomic mass is 16.1. The molecule has 0 aliphatic carbocycles. The molecule has 1 aromatic heterocycles. The second-order valence-electron chi connectivity index (χ2n) is 2.59. The van der Waals surface area contributed by atoms with Gasteiger partial charge >= 0.3 is 0 Å². The highest BCUT2D eigenvalue weighted by Crippen LogP contribution is 2.01. The fraction of sp³-hybridized carbons (Fsp3) is 0.100. The van der Waals surface area contributed by atoms with Crippen LogP contribution in [0.4, 0.5) is 5.82 Å². The number of aromatic nitrogens is 1. The number of hydrogen-bond acceptors (Lipinski definition) is 4. The number of rotatable bonds is 3. The van der Waals surface area contributed by atoms with E-state index in [-0.39, 0.29) is 11.4 Å². The highest BCUT2D eigenvalue weighted by Gasteiger charge is 2.00. The van der Waals surface area contributed by atoms with Gasteiger partial charge in [0.25, 0.3) is 0 Å². The van der Waals surface area contributed by atoms with Crippen LogP contribution in [0.15, 0.2) is 36.2 Å². The number of nitriles is 1. The number of hydrogen-bond donors (Lipinski definition) is 1. The number of anilines is 1. The zero-order valence-electron chi connectivity index (χ0n) is 7.69. The van der Waals surface area contributed by atoms with E-state index in [0.717, 1.165) is 0 Å². The number of allylic oxidation sites excluding steroid dienone is 1. The maximum atomic E-state index is 10.8. The molecule has 0 aliphatic heterocycles. The Morgan fingerprint density at radius 2 is 2.43 bits per heavy atom. The highest BCUT2D eigenvalue weighted by molar-refractivity contribution is 5.97. The molecule has 14 heavy (non-hydrogen) atoms. The molecule has 1 N–H and O–H groups in total. The molecule has 1 aromatic rings. The number of nitrogens with one attached hydrogen (secondary N) is 1. The van der Waals surface area contributed by atoms with E-state index in [1.54, 1.807) is 24.4 Å². The Morgan fingerprint density at radius 1 is 1.64 bits per heavy atom. The van der Waals surface area contributed by atoms with Gasteiger partial charge in [0.15, 0.2) is 5.78 Å². The van der Waals surface area contributed by atoms with Crippen LogP contribution in [0, 0.1) is 11.3 Å². The number of carbonyl (C=O) groups excluding carboxylic acids is 1. The van der Waals surface area contributed by atoms with Crippen molar-refractivity contribution in [1.82, 2.24) is 4.98 Å². The SMILES string of the molecule is CC(=O)/C(C#N)=C\Nc1ccccn1. The third kappa shape index (κ3) is 2.72. The number of Topliss-reactive ketones (excluding diaryl/α,β-unsaturated/α-hetero) is 1. The van der Waals surface area contributed by atoms with Gasteiger partial charge in [-0.1, -0.05) is 6.07 Å². The molecule has 4 nitrogen and oxygen atoms in total. The van der Waals surface area contributed by atoms with Gasteiger partial charge in [-0.25, -0.2) is 4.98 Å². The standard InChI is InChI=1S/C10H9N3O/c1-8(14)9(6-11)7-13-10-4-2-3-5-12-10/h2-5,7H,1H3,(H,12,13)/b9-7-. The summed E-state index contributed by atoms with van der Waals surface area (Å²) in [5.41, 5.74) is 0.0793. The molecule has 1 heterocycles. The quantitative estimate of drug-likeness (QED) is 0.575. The molecule has 0 unspecified atom stereocenters. The van der Waals surface area contributed by atoms with Gasteiger partial charge in [-0.05, 0) is 19.1 Å². The summed E-state index contributed by atoms with van der Waals surface area (Å²) in [6.45, 7) is 1.34. The van der Waals surface area contributed by atoms with Crippen molar-refractivity contribution in [3.8, 4) is 6.07 Å². The molecule has 0 fully saturated rings. The molecule has 0 saturated heterocycles. The Bertz CT molecular complexity index is 390. The molecule has 0 amide bonds. The topological polar surface area (TPSA) is 65.8 Å². The van der Waals surface area contributed by atoms with E-state index in [2.05, 4.69) is 10.3 Å². The number of carbonyl (C=O) groups is 1. The smallest absolute Gasteiger partial charge is 0.171 e. The van der Waals surface area contributed by atoms with Crippen LogP contribution in [-0.4, -0.2) is 10.8 Å². The summed E-state index contributed by atoms with van der Waals surface area (Å²) in [5, 5.41) is 11.3. The predicted molar refractivity (Wildman–Crippen MR) is 52.2 cm³/mol. The van der Waals surface area contributed by atoms with Crippen LogP contribution in [0.2, 0.25) is 0 Å². The van der Waals surface area contributed by atoms with Gasteiger partial charge < -0.3 is 5.32 Å². The average molecular weight is 187 g/mol. The second-order valence-corrected chi connectivity index (χ2v) is 2.59. The van der Waals surface area contributed by atoms with Crippen LogP contribution >= 0.6 is 0 Å². The van der Waals surface area contributed by atoms with Gasteiger partial charge in [0.2, 0.25) is 0 Å². The summed E-state index contributed by atoms with van der Waals surface area (Å²) in [7, 11) is 0. The Balaban J connectivity index is 2.73. The van der Waals surface area contributed by atoms with E-state index in [4.69, 9.17) is 5.26 Å². The summed E-state index contributed by atoms with van der Waals surface area (Å²) in [6, 6.07) is 7.13. The minimum Gasteiger partial charge on any atom is -0.345 e. The van der Waals surface area contributed by atoms with Gasteiger partial charge in [-0.2, -0.15) is 5.26 Å². The lowest BCUT2D eigenvalue weighted by Crippen LogP contribution is -1.98. The summed E-state index contributed by atoms with van der Waals surface area (Å²) < 4.78 is 0. The van der Waals surface area contributed by atoms with Crippen molar-refractivity contribution in [3.63, 3.8) is 0 Å². The van der Waals surface area contributed by atoms with Crippen LogP contribution in [0.5, 0.6) is 0 Å². The van der Waals surface area contributed by atoms with Crippen molar-refractivity contribution in [3.05, 3.63) is 36.2 Å². The van der Waals surface area contributed by atoms with Gasteiger partial charge in [-0.15, -0.1) is 0 Å². The van der Waals surface area contributed by atoms with E-state index < -0.39 is 0 Å². The molecule has 0 spiro atoms. The van der Waals surface area contributed by atoms with Crippen LogP contribution < -0.4 is 5.32 Å². The lowest BCUT2D eigenvalue weighted by Gasteiger charge is -1.98. The summed E-state index contributed by atoms with van der Waals surface area (Å²) >= 11 is 0. The zero-order valence-corrected chi connectivity index (χ0v) is 7.69. The van der Waals surface area contributed by atoms with Crippen molar-refractivity contribution in [2.75, 3.05) is 5.32 Å². The fourth-order valence-electron chi connectivity index (χ4n) is 0.807. The molecule has 70 valence electrons. The predicted octanol–water partition coefficient (Wildman–Crippen LogP) is 1.49. The minimum absolute atomic E-state index is 0.0793. The van der Waals surface area contributed by atoms with Crippen LogP contribution in [0.25, 0.3) is 0 Å². The Morgan fingerprint density at radius 3 is 2.93 bits per heavy atom. The molecule has 0 aliphatic rings. The molecule has 0 saturated carbocycles. The maximum absolute atomic E-state index is 10.8. The third-order valence-corrected chi connectivity index (χ3v) is 1.53. The maximum Gasteiger partial charge on any atom is 0.171 e. The lowest BCUT2D eigenvalue weighted by molar-refractivity contribution is -0.113. The van der Waals surface area contributed by atoms with Crippen molar-refractivity contribution >= 4 is 11.6 Å². The molecule has 0 aromatic carbocycles. The number of pyridine rings is 1. The van der Waals surface area contributed by atoms with Crippen molar-refractivity contribution in [2.45, 2.75) is 6.92 Å². The minimum atomic E-state index is -0.268. The van der Waals surface area contributed by atoms with E-state index in [1.807, 2.05) is 6.07 Å². The Labute approximate surface area is 81.9 Å². The van der Waals surface area contributed by atoms with Crippen molar-refractivity contribution < 1.29 is 4.79 Å². The summed E-state index contributed by atoms with van der Waals surface area (Å²) in [5.74, 6) is 0.331. The summed E-state index contributed by atoms with van der Waals surface area (Å²) in [4.78, 5) is 14.8. The van der Waals surface area contributed by atoms with Gasteiger partial charge in [0.05, 0.1) is 0 Å². The van der Waals surface area contributed by atoms with Crippen molar-refractivity contribution in [2.24, 2.45) is 0 Å². The largest absolute Gasteiger partial charge is 0.345 e. The molecule has 0 atom stereocenters. The van der Waals surface area contributed by atoms with Crippen LogP contribution in [0.1, 0.15) is 6.92 Å². The Kier molecular flexibility index (Phi) is 3.39. The molecule has 0 radical (unpaired) electrons. The van der Waals surface area contributed by atoms with E-state index in [1.165, 1.54) is 13.1 Å². The van der Waals surface area contributed by atoms with Gasteiger partial charge in [0.1, 0.15) is 17.5 Å². The number of ketones is 1. The average Bonchev–Trinajstić information content (AvgIpc) is 2.20. The van der Waals surface area contributed by atoms with Gasteiger partial charge in [-0.3, -0.25) is 4.79 Å². The monoisotopic (exact) mass is 187 g/mol. The molecule has 1 rings (SSSR count). The first-order valence-electron chi connectivity index (χ1n) is 4.03. The zero-order chi connectivity index (χ0) is 10.4. The first-order valence-corrected chi connectivity index (χ1v) is 4.03. The van der Waals surface area contributed by atoms with Crippen molar-refractivity contribution in [1.29, 1.82) is 5.26 Å². The Hall–Kier alpha value is -2.15.